The first-order valence-electron chi connectivity index (χ1n) is 5.97. The summed E-state index contributed by atoms with van der Waals surface area (Å²) >= 11 is 5.89. The number of pyridine rings is 1. The number of phenolic OH excluding ortho intramolecular Hbond substituents is 1. The van der Waals surface area contributed by atoms with Crippen LogP contribution in [0.2, 0.25) is 5.02 Å². The summed E-state index contributed by atoms with van der Waals surface area (Å²) in [6.07, 6.45) is 2.44. The molecule has 114 valence electrons. The van der Waals surface area contributed by atoms with Gasteiger partial charge in [-0.2, -0.15) is 5.10 Å². The van der Waals surface area contributed by atoms with E-state index in [-0.39, 0.29) is 17.2 Å². The Bertz CT molecular complexity index is 719. The first-order valence-corrected chi connectivity index (χ1v) is 6.35. The van der Waals surface area contributed by atoms with Crippen LogP contribution >= 0.6 is 11.6 Å². The maximum Gasteiger partial charge on any atom is 0.287 e. The summed E-state index contributed by atoms with van der Waals surface area (Å²) in [5, 5.41) is 24.7. The third-order valence-electron chi connectivity index (χ3n) is 2.63. The van der Waals surface area contributed by atoms with E-state index in [0.29, 0.717) is 16.4 Å². The predicted molar refractivity (Wildman–Crippen MR) is 81.8 cm³/mol. The molecule has 0 fully saturated rings. The van der Waals surface area contributed by atoms with Crippen molar-refractivity contribution < 1.29 is 14.8 Å². The molecule has 1 aromatic heterocycles. The van der Waals surface area contributed by atoms with Gasteiger partial charge in [-0.3, -0.25) is 15.5 Å². The fraction of sp³-hybridized carbons (Fsp3) is 0.0769. The van der Waals surface area contributed by atoms with Gasteiger partial charge in [0.15, 0.2) is 11.5 Å². The van der Waals surface area contributed by atoms with E-state index in [4.69, 9.17) is 16.3 Å². The fourth-order valence-corrected chi connectivity index (χ4v) is 1.79. The van der Waals surface area contributed by atoms with Gasteiger partial charge < -0.3 is 9.84 Å². The number of anilines is 1. The predicted octanol–water partition coefficient (Wildman–Crippen LogP) is 2.80. The van der Waals surface area contributed by atoms with Crippen molar-refractivity contribution in [2.24, 2.45) is 5.10 Å². The standard InChI is InChI=1S/C13H11ClN4O4/c1-22-11-5-9(14)4-8(13(11)19)6-16-17-12-3-2-10(7-15-12)18(20)21/h2-7,19H,1H3,(H,15,17)/b16-6+. The van der Waals surface area contributed by atoms with Gasteiger partial charge in [0.25, 0.3) is 5.69 Å². The monoisotopic (exact) mass is 322 g/mol. The average Bonchev–Trinajstić information content (AvgIpc) is 2.50. The van der Waals surface area contributed by atoms with Crippen LogP contribution in [0.5, 0.6) is 11.5 Å². The molecule has 22 heavy (non-hydrogen) atoms. The minimum atomic E-state index is -0.545. The summed E-state index contributed by atoms with van der Waals surface area (Å²) in [6.45, 7) is 0. The van der Waals surface area contributed by atoms with Crippen molar-refractivity contribution in [3.05, 3.63) is 51.2 Å². The Labute approximate surface area is 130 Å². The molecule has 0 amide bonds. The Morgan fingerprint density at radius 2 is 2.27 bits per heavy atom. The zero-order valence-corrected chi connectivity index (χ0v) is 12.1. The molecule has 0 spiro atoms. The van der Waals surface area contributed by atoms with Crippen molar-refractivity contribution in [1.29, 1.82) is 0 Å². The summed E-state index contributed by atoms with van der Waals surface area (Å²) in [7, 11) is 1.41. The minimum Gasteiger partial charge on any atom is -0.504 e. The number of hydrazone groups is 1. The van der Waals surface area contributed by atoms with E-state index < -0.39 is 4.92 Å². The summed E-state index contributed by atoms with van der Waals surface area (Å²) in [5.74, 6) is 0.437. The normalized spacial score (nSPS) is 10.6. The largest absolute Gasteiger partial charge is 0.504 e. The number of halogens is 1. The fourth-order valence-electron chi connectivity index (χ4n) is 1.58. The lowest BCUT2D eigenvalue weighted by Gasteiger charge is -2.06. The smallest absolute Gasteiger partial charge is 0.287 e. The number of rotatable bonds is 5. The molecule has 0 unspecified atom stereocenters. The first kappa shape index (κ1) is 15.5. The highest BCUT2D eigenvalue weighted by molar-refractivity contribution is 6.31. The van der Waals surface area contributed by atoms with Gasteiger partial charge in [-0.15, -0.1) is 0 Å². The lowest BCUT2D eigenvalue weighted by atomic mass is 10.2. The highest BCUT2D eigenvalue weighted by Gasteiger charge is 2.08. The van der Waals surface area contributed by atoms with Crippen LogP contribution in [0, 0.1) is 10.1 Å². The number of nitro groups is 1. The van der Waals surface area contributed by atoms with Crippen LogP contribution < -0.4 is 10.2 Å². The molecule has 9 heteroatoms. The van der Waals surface area contributed by atoms with E-state index in [1.165, 1.54) is 37.6 Å². The molecule has 0 radical (unpaired) electrons. The Balaban J connectivity index is 2.12. The quantitative estimate of drug-likeness (QED) is 0.497. The summed E-state index contributed by atoms with van der Waals surface area (Å²) < 4.78 is 4.97. The average molecular weight is 323 g/mol. The molecule has 2 rings (SSSR count). The lowest BCUT2D eigenvalue weighted by molar-refractivity contribution is -0.385. The number of phenols is 1. The van der Waals surface area contributed by atoms with Crippen LogP contribution in [0.4, 0.5) is 11.5 Å². The molecule has 0 saturated carbocycles. The van der Waals surface area contributed by atoms with Crippen molar-refractivity contribution in [2.75, 3.05) is 12.5 Å². The number of hydrogen-bond donors (Lipinski definition) is 2. The number of methoxy groups -OCH3 is 1. The highest BCUT2D eigenvalue weighted by Crippen LogP contribution is 2.32. The van der Waals surface area contributed by atoms with Gasteiger partial charge in [0.05, 0.1) is 18.2 Å². The molecule has 8 nitrogen and oxygen atoms in total. The summed E-state index contributed by atoms with van der Waals surface area (Å²) in [4.78, 5) is 13.8. The van der Waals surface area contributed by atoms with Crippen molar-refractivity contribution >= 4 is 29.3 Å². The Hall–Kier alpha value is -2.87. The highest BCUT2D eigenvalue weighted by atomic mass is 35.5. The van der Waals surface area contributed by atoms with Gasteiger partial charge in [-0.25, -0.2) is 4.98 Å². The van der Waals surface area contributed by atoms with E-state index in [1.54, 1.807) is 0 Å². The molecule has 2 N–H and O–H groups in total. The van der Waals surface area contributed by atoms with Crippen LogP contribution in [0.15, 0.2) is 35.6 Å². The van der Waals surface area contributed by atoms with Crippen molar-refractivity contribution in [3.8, 4) is 11.5 Å². The lowest BCUT2D eigenvalue weighted by Crippen LogP contribution is -1.96. The van der Waals surface area contributed by atoms with E-state index in [2.05, 4.69) is 15.5 Å². The van der Waals surface area contributed by atoms with Gasteiger partial charge in [-0.05, 0) is 12.1 Å². The maximum atomic E-state index is 10.5. The molecular weight excluding hydrogens is 312 g/mol. The van der Waals surface area contributed by atoms with E-state index in [9.17, 15) is 15.2 Å². The number of hydrogen-bond acceptors (Lipinski definition) is 7. The molecule has 0 aliphatic rings. The minimum absolute atomic E-state index is 0.103. The molecule has 0 aliphatic heterocycles. The zero-order chi connectivity index (χ0) is 16.1. The van der Waals surface area contributed by atoms with Crippen molar-refractivity contribution in [1.82, 2.24) is 4.98 Å². The second-order valence-corrected chi connectivity index (χ2v) is 4.51. The third-order valence-corrected chi connectivity index (χ3v) is 2.85. The molecule has 0 aliphatic carbocycles. The van der Waals surface area contributed by atoms with Crippen molar-refractivity contribution in [3.63, 3.8) is 0 Å². The van der Waals surface area contributed by atoms with Crippen molar-refractivity contribution in [2.45, 2.75) is 0 Å². The molecule has 1 aromatic carbocycles. The second-order valence-electron chi connectivity index (χ2n) is 4.07. The number of aromatic hydroxyl groups is 1. The molecule has 0 atom stereocenters. The Kier molecular flexibility index (Phi) is 4.74. The van der Waals surface area contributed by atoms with Crippen LogP contribution in [0.3, 0.4) is 0 Å². The summed E-state index contributed by atoms with van der Waals surface area (Å²) in [5.41, 5.74) is 2.81. The topological polar surface area (TPSA) is 110 Å². The van der Waals surface area contributed by atoms with E-state index in [0.717, 1.165) is 6.20 Å². The van der Waals surface area contributed by atoms with Crippen LogP contribution in [0.1, 0.15) is 5.56 Å². The summed E-state index contributed by atoms with van der Waals surface area (Å²) in [6, 6.07) is 5.69. The molecule has 0 bridgehead atoms. The van der Waals surface area contributed by atoms with Gasteiger partial charge in [0, 0.05) is 22.7 Å². The number of nitrogens with one attached hydrogen (secondary N) is 1. The maximum absolute atomic E-state index is 10.5. The Morgan fingerprint density at radius 1 is 1.50 bits per heavy atom. The number of nitrogens with zero attached hydrogens (tertiary/aromatic N) is 3. The number of benzene rings is 1. The molecule has 2 aromatic rings. The number of ether oxygens (including phenoxy) is 1. The van der Waals surface area contributed by atoms with E-state index >= 15 is 0 Å². The SMILES string of the molecule is COc1cc(Cl)cc(/C=N/Nc2ccc([N+](=O)[O-])cn2)c1O. The number of aromatic nitrogens is 1. The third kappa shape index (κ3) is 3.61. The molecular formula is C13H11ClN4O4. The van der Waals surface area contributed by atoms with E-state index in [1.807, 2.05) is 0 Å². The first-order chi connectivity index (χ1) is 10.5. The van der Waals surface area contributed by atoms with Gasteiger partial charge in [-0.1, -0.05) is 11.6 Å². The van der Waals surface area contributed by atoms with Gasteiger partial charge in [0.2, 0.25) is 0 Å². The second kappa shape index (κ2) is 6.72. The molecule has 0 saturated heterocycles. The van der Waals surface area contributed by atoms with Gasteiger partial charge in [0.1, 0.15) is 12.0 Å². The van der Waals surface area contributed by atoms with Gasteiger partial charge >= 0.3 is 0 Å². The van der Waals surface area contributed by atoms with Crippen LogP contribution in [0.25, 0.3) is 0 Å². The zero-order valence-electron chi connectivity index (χ0n) is 11.4. The van der Waals surface area contributed by atoms with Crippen LogP contribution in [-0.4, -0.2) is 28.3 Å². The molecule has 1 heterocycles. The Morgan fingerprint density at radius 3 is 2.86 bits per heavy atom. The van der Waals surface area contributed by atoms with Crippen LogP contribution in [-0.2, 0) is 0 Å².